The molecule has 0 aliphatic carbocycles. The van der Waals surface area contributed by atoms with Crippen molar-refractivity contribution in [3.8, 4) is 6.07 Å². The number of hydrogen-bond donors (Lipinski definition) is 1. The lowest BCUT2D eigenvalue weighted by Crippen LogP contribution is -2.25. The maximum Gasteiger partial charge on any atom is 0.0968 e. The lowest BCUT2D eigenvalue weighted by Gasteiger charge is -2.08. The van der Waals surface area contributed by atoms with Crippen molar-refractivity contribution in [2.75, 3.05) is 7.05 Å². The molecule has 82 valence electrons. The lowest BCUT2D eigenvalue weighted by atomic mass is 10.2. The summed E-state index contributed by atoms with van der Waals surface area (Å²) < 4.78 is 1.98. The number of rotatable bonds is 4. The molecule has 0 amide bonds. The molecule has 0 bridgehead atoms. The van der Waals surface area contributed by atoms with Gasteiger partial charge in [-0.15, -0.1) is 0 Å². The van der Waals surface area contributed by atoms with Gasteiger partial charge in [0.05, 0.1) is 17.8 Å². The fraction of sp³-hybridized carbons (Fsp3) is 0.636. The van der Waals surface area contributed by atoms with E-state index in [0.717, 1.165) is 18.7 Å². The third-order valence-electron chi connectivity index (χ3n) is 2.88. The predicted octanol–water partition coefficient (Wildman–Crippen LogP) is 1.31. The summed E-state index contributed by atoms with van der Waals surface area (Å²) in [6, 6.07) is 2.12. The van der Waals surface area contributed by atoms with E-state index >= 15 is 0 Å². The highest BCUT2D eigenvalue weighted by atomic mass is 15.3. The van der Waals surface area contributed by atoms with Gasteiger partial charge in [-0.25, -0.2) is 0 Å². The van der Waals surface area contributed by atoms with E-state index in [1.54, 1.807) is 7.05 Å². The molecule has 1 N–H and O–H groups in total. The quantitative estimate of drug-likeness (QED) is 0.808. The molecule has 1 rings (SSSR count). The number of aromatic nitrogens is 2. The van der Waals surface area contributed by atoms with Crippen LogP contribution in [0.3, 0.4) is 0 Å². The van der Waals surface area contributed by atoms with Crippen molar-refractivity contribution in [1.29, 1.82) is 5.26 Å². The predicted molar refractivity (Wildman–Crippen MR) is 59.5 cm³/mol. The van der Waals surface area contributed by atoms with Crippen molar-refractivity contribution >= 4 is 0 Å². The van der Waals surface area contributed by atoms with Crippen molar-refractivity contribution in [2.45, 2.75) is 39.8 Å². The standard InChI is InChI=1S/C11H18N4/c1-8-9(2)14-15(10(8)3)6-5-11(7-12)13-4/h11,13H,5-6H2,1-4H3. The highest BCUT2D eigenvalue weighted by molar-refractivity contribution is 5.22. The average Bonchev–Trinajstić information content (AvgIpc) is 2.48. The van der Waals surface area contributed by atoms with Crippen LogP contribution in [0.2, 0.25) is 0 Å². The molecule has 0 saturated carbocycles. The second kappa shape index (κ2) is 4.94. The average molecular weight is 206 g/mol. The Labute approximate surface area is 90.9 Å². The second-order valence-electron chi connectivity index (χ2n) is 3.78. The summed E-state index contributed by atoms with van der Waals surface area (Å²) >= 11 is 0. The highest BCUT2D eigenvalue weighted by Gasteiger charge is 2.09. The molecule has 4 nitrogen and oxygen atoms in total. The topological polar surface area (TPSA) is 53.6 Å². The Kier molecular flexibility index (Phi) is 3.87. The summed E-state index contributed by atoms with van der Waals surface area (Å²) in [7, 11) is 1.81. The van der Waals surface area contributed by atoms with Gasteiger partial charge in [-0.05, 0) is 39.8 Å². The Morgan fingerprint density at radius 1 is 1.47 bits per heavy atom. The molecule has 1 atom stereocenters. The minimum absolute atomic E-state index is 0.0887. The van der Waals surface area contributed by atoms with E-state index in [0.29, 0.717) is 0 Å². The van der Waals surface area contributed by atoms with Crippen LogP contribution in [0.25, 0.3) is 0 Å². The molecule has 0 aliphatic rings. The third kappa shape index (κ3) is 2.57. The summed E-state index contributed by atoms with van der Waals surface area (Å²) in [6.45, 7) is 6.95. The minimum atomic E-state index is -0.0887. The SMILES string of the molecule is CNC(C#N)CCn1nc(C)c(C)c1C. The Hall–Kier alpha value is -1.34. The summed E-state index contributed by atoms with van der Waals surface area (Å²) in [5.74, 6) is 0. The molecular formula is C11H18N4. The van der Waals surface area contributed by atoms with Crippen LogP contribution in [-0.4, -0.2) is 22.9 Å². The monoisotopic (exact) mass is 206 g/mol. The zero-order chi connectivity index (χ0) is 11.4. The Bertz CT molecular complexity index is 373. The van der Waals surface area contributed by atoms with Gasteiger partial charge in [0.2, 0.25) is 0 Å². The molecule has 0 spiro atoms. The van der Waals surface area contributed by atoms with Gasteiger partial charge in [-0.2, -0.15) is 10.4 Å². The molecule has 0 aromatic carbocycles. The Morgan fingerprint density at radius 3 is 2.53 bits per heavy atom. The molecule has 15 heavy (non-hydrogen) atoms. The molecule has 0 saturated heterocycles. The molecule has 1 aromatic heterocycles. The number of nitrogens with zero attached hydrogens (tertiary/aromatic N) is 3. The molecule has 0 aliphatic heterocycles. The van der Waals surface area contributed by atoms with E-state index in [9.17, 15) is 0 Å². The summed E-state index contributed by atoms with van der Waals surface area (Å²) in [6.07, 6.45) is 0.786. The summed E-state index contributed by atoms with van der Waals surface area (Å²) in [5, 5.41) is 16.2. The maximum absolute atomic E-state index is 8.79. The third-order valence-corrected chi connectivity index (χ3v) is 2.88. The molecular weight excluding hydrogens is 188 g/mol. The van der Waals surface area contributed by atoms with Crippen LogP contribution in [0.1, 0.15) is 23.4 Å². The molecule has 4 heteroatoms. The van der Waals surface area contributed by atoms with E-state index < -0.39 is 0 Å². The van der Waals surface area contributed by atoms with Gasteiger partial charge in [0.25, 0.3) is 0 Å². The van der Waals surface area contributed by atoms with Crippen LogP contribution >= 0.6 is 0 Å². The zero-order valence-corrected chi connectivity index (χ0v) is 9.83. The summed E-state index contributed by atoms with van der Waals surface area (Å²) in [5.41, 5.74) is 3.51. The number of nitriles is 1. The largest absolute Gasteiger partial charge is 0.305 e. The second-order valence-corrected chi connectivity index (χ2v) is 3.78. The minimum Gasteiger partial charge on any atom is -0.305 e. The van der Waals surface area contributed by atoms with Crippen molar-refractivity contribution in [1.82, 2.24) is 15.1 Å². The van der Waals surface area contributed by atoms with Crippen molar-refractivity contribution in [2.24, 2.45) is 0 Å². The first-order valence-corrected chi connectivity index (χ1v) is 5.17. The number of hydrogen-bond acceptors (Lipinski definition) is 3. The van der Waals surface area contributed by atoms with Gasteiger partial charge in [0.15, 0.2) is 0 Å². The lowest BCUT2D eigenvalue weighted by molar-refractivity contribution is 0.508. The van der Waals surface area contributed by atoms with Crippen molar-refractivity contribution in [3.63, 3.8) is 0 Å². The van der Waals surface area contributed by atoms with Crippen LogP contribution in [0.5, 0.6) is 0 Å². The number of nitrogens with one attached hydrogen (secondary N) is 1. The fourth-order valence-corrected chi connectivity index (χ4v) is 1.53. The van der Waals surface area contributed by atoms with Gasteiger partial charge in [0.1, 0.15) is 0 Å². The molecule has 1 aromatic rings. The van der Waals surface area contributed by atoms with E-state index in [-0.39, 0.29) is 6.04 Å². The first-order chi connectivity index (χ1) is 7.10. The highest BCUT2D eigenvalue weighted by Crippen LogP contribution is 2.11. The van der Waals surface area contributed by atoms with Gasteiger partial charge in [0, 0.05) is 12.2 Å². The molecule has 1 heterocycles. The molecule has 1 unspecified atom stereocenters. The smallest absolute Gasteiger partial charge is 0.0968 e. The molecule has 0 fully saturated rings. The summed E-state index contributed by atoms with van der Waals surface area (Å²) in [4.78, 5) is 0. The van der Waals surface area contributed by atoms with Crippen LogP contribution in [-0.2, 0) is 6.54 Å². The Morgan fingerprint density at radius 2 is 2.13 bits per heavy atom. The van der Waals surface area contributed by atoms with Gasteiger partial charge in [-0.1, -0.05) is 0 Å². The first-order valence-electron chi connectivity index (χ1n) is 5.17. The number of aryl methyl sites for hydroxylation is 2. The molecule has 0 radical (unpaired) electrons. The van der Waals surface area contributed by atoms with Gasteiger partial charge < -0.3 is 5.32 Å². The van der Waals surface area contributed by atoms with E-state index in [1.807, 2.05) is 11.6 Å². The fourth-order valence-electron chi connectivity index (χ4n) is 1.53. The van der Waals surface area contributed by atoms with Crippen molar-refractivity contribution in [3.05, 3.63) is 17.0 Å². The van der Waals surface area contributed by atoms with Crippen LogP contribution in [0.4, 0.5) is 0 Å². The van der Waals surface area contributed by atoms with Crippen LogP contribution < -0.4 is 5.32 Å². The van der Waals surface area contributed by atoms with Crippen LogP contribution in [0.15, 0.2) is 0 Å². The van der Waals surface area contributed by atoms with Gasteiger partial charge in [-0.3, -0.25) is 4.68 Å². The van der Waals surface area contributed by atoms with E-state index in [2.05, 4.69) is 30.3 Å². The van der Waals surface area contributed by atoms with Crippen LogP contribution in [0, 0.1) is 32.1 Å². The van der Waals surface area contributed by atoms with Crippen molar-refractivity contribution < 1.29 is 0 Å². The first kappa shape index (κ1) is 11.7. The van der Waals surface area contributed by atoms with Gasteiger partial charge >= 0.3 is 0 Å². The van der Waals surface area contributed by atoms with E-state index in [4.69, 9.17) is 5.26 Å². The zero-order valence-electron chi connectivity index (χ0n) is 9.83. The Balaban J connectivity index is 2.66. The van der Waals surface area contributed by atoms with E-state index in [1.165, 1.54) is 11.3 Å². The normalized spacial score (nSPS) is 12.5. The maximum atomic E-state index is 8.79.